The minimum absolute atomic E-state index is 0.217. The maximum absolute atomic E-state index is 13.2. The maximum atomic E-state index is 13.2. The van der Waals surface area contributed by atoms with Gasteiger partial charge in [-0.25, -0.2) is 69.8 Å². The molecule has 13 aromatic rings. The van der Waals surface area contributed by atoms with E-state index in [1.54, 1.807) is 35.2 Å². The Balaban J connectivity index is 0.000000120. The number of halogens is 5. The number of piperazine rings is 2. The summed E-state index contributed by atoms with van der Waals surface area (Å²) in [7, 11) is 0. The van der Waals surface area contributed by atoms with Crippen molar-refractivity contribution in [3.8, 4) is 40.2 Å². The number of imidazole rings is 4. The highest BCUT2D eigenvalue weighted by Crippen LogP contribution is 2.36. The van der Waals surface area contributed by atoms with Gasteiger partial charge in [-0.3, -0.25) is 33.5 Å². The topological polar surface area (TPSA) is 340 Å². The Labute approximate surface area is 671 Å². The smallest absolute Gasteiger partial charge is 0.231 e. The zero-order valence-electron chi connectivity index (χ0n) is 63.3. The normalized spacial score (nSPS) is 17.9. The third-order valence-corrected chi connectivity index (χ3v) is 19.7. The Morgan fingerprint density at radius 2 is 1.09 bits per heavy atom. The molecule has 22 rings (SSSR count). The summed E-state index contributed by atoms with van der Waals surface area (Å²) in [5.74, 6) is 4.77. The summed E-state index contributed by atoms with van der Waals surface area (Å²) < 4.78 is 76.7. The summed E-state index contributed by atoms with van der Waals surface area (Å²) >= 11 is 3.26. The van der Waals surface area contributed by atoms with E-state index >= 15 is 0 Å². The van der Waals surface area contributed by atoms with Crippen molar-refractivity contribution in [2.45, 2.75) is 90.2 Å². The van der Waals surface area contributed by atoms with Crippen molar-refractivity contribution in [1.82, 2.24) is 109 Å². The molecule has 0 amide bonds. The highest BCUT2D eigenvalue weighted by molar-refractivity contribution is 9.10. The fraction of sp³-hybridized carbons (Fsp3) is 0.287. The van der Waals surface area contributed by atoms with Crippen molar-refractivity contribution in [1.29, 1.82) is 0 Å². The molecule has 13 aromatic heterocycles. The predicted molar refractivity (Wildman–Crippen MR) is 422 cm³/mol. The molecule has 9 aliphatic heterocycles. The number of nitrogens with zero attached hydrogens (tertiary/aromatic N) is 22. The van der Waals surface area contributed by atoms with Gasteiger partial charge >= 0.3 is 0 Å². The van der Waals surface area contributed by atoms with Crippen molar-refractivity contribution in [2.24, 2.45) is 4.99 Å². The summed E-state index contributed by atoms with van der Waals surface area (Å²) in [6.45, 7) is 16.1. The number of carbonyl (C=O) groups is 1. The Morgan fingerprint density at radius 1 is 0.552 bits per heavy atom. The van der Waals surface area contributed by atoms with Crippen molar-refractivity contribution in [3.63, 3.8) is 0 Å². The number of hydrogen-bond acceptors (Lipinski definition) is 26. The molecule has 9 aliphatic rings. The Morgan fingerprint density at radius 3 is 1.55 bits per heavy atom. The minimum Gasteiger partial charge on any atom is -0.353 e. The molecule has 594 valence electrons. The number of nitrogens with one attached hydrogen (secondary N) is 4. The number of rotatable bonds is 15. The fourth-order valence-corrected chi connectivity index (χ4v) is 13.9. The summed E-state index contributed by atoms with van der Waals surface area (Å²) in [4.78, 5) is 83.1. The number of carbonyl (C=O) groups excluding carboxylic acids is 1. The lowest BCUT2D eigenvalue weighted by Gasteiger charge is -2.56. The summed E-state index contributed by atoms with van der Waals surface area (Å²) in [6, 6.07) is 31.1. The number of aromatic amines is 2. The second-order valence-corrected chi connectivity index (χ2v) is 28.8. The average molecular weight is 1640 g/mol. The molecule has 4 unspecified atom stereocenters. The van der Waals surface area contributed by atoms with Crippen LogP contribution in [0.2, 0.25) is 0 Å². The molecule has 0 radical (unpaired) electrons. The molecule has 4 N–H and O–H groups in total. The van der Waals surface area contributed by atoms with Gasteiger partial charge in [-0.05, 0) is 153 Å². The van der Waals surface area contributed by atoms with Crippen LogP contribution in [0.25, 0.3) is 40.2 Å². The zero-order chi connectivity index (χ0) is 80.0. The van der Waals surface area contributed by atoms with Gasteiger partial charge in [-0.1, -0.05) is 6.07 Å². The third-order valence-electron chi connectivity index (χ3n) is 19.2. The first-order valence-corrected chi connectivity index (χ1v) is 38.0. The van der Waals surface area contributed by atoms with Gasteiger partial charge in [0.25, 0.3) is 0 Å². The highest BCUT2D eigenvalue weighted by atomic mass is 79.9. The van der Waals surface area contributed by atoms with Crippen LogP contribution in [0.3, 0.4) is 0 Å². The van der Waals surface area contributed by atoms with E-state index in [0.29, 0.717) is 98.0 Å². The molecule has 31 nitrogen and oxygen atoms in total. The second-order valence-electron chi connectivity index (χ2n) is 28.0. The molecule has 0 saturated carbocycles. The number of aliphatic imine (C=N–C) groups is 1. The van der Waals surface area contributed by atoms with Crippen LogP contribution in [0.1, 0.15) is 87.9 Å². The van der Waals surface area contributed by atoms with Crippen LogP contribution in [0, 0.1) is 44.6 Å². The molecule has 0 aliphatic carbocycles. The summed E-state index contributed by atoms with van der Waals surface area (Å²) in [5.41, 5.74) is 11.3. The van der Waals surface area contributed by atoms with E-state index < -0.39 is 23.8 Å². The lowest BCUT2D eigenvalue weighted by molar-refractivity contribution is -0.0445. The first kappa shape index (κ1) is 78.8. The largest absolute Gasteiger partial charge is 0.353 e. The van der Waals surface area contributed by atoms with Crippen LogP contribution in [-0.4, -0.2) is 199 Å². The SMILES string of the molecule is Brc1ccc(C2OCCO2)cn1.CC1=CC(Nc2cc(C)nc(-c3ccc(N4CC5CC(C4)N5)nc3)n2)=NC1.Cc1cc(Cc2cc(C)[nH]n2)nc(-c2ccc(N3CC4CC(C3)N4Cc3ccc(-n4cnc(F)c4)nc3)nc2)n1.Fc1cn(-c2ccc(C3OCCO3)cn2)cn1.Fc1cnc[nH]1.O=Cc1ccc(-n2cnc(F)c2)nc1. The summed E-state index contributed by atoms with van der Waals surface area (Å²) in [6.07, 6.45) is 26.1. The number of hydrogen-bond donors (Lipinski definition) is 4. The minimum atomic E-state index is -0.564. The van der Waals surface area contributed by atoms with Gasteiger partial charge in [-0.15, -0.1) is 0 Å². The lowest BCUT2D eigenvalue weighted by atomic mass is 9.87. The predicted octanol–water partition coefficient (Wildman–Crippen LogP) is 10.9. The van der Waals surface area contributed by atoms with Crippen LogP contribution >= 0.6 is 15.9 Å². The number of ether oxygens (including phenoxy) is 4. The molecule has 4 bridgehead atoms. The second kappa shape index (κ2) is 36.8. The molecule has 36 heteroatoms. The van der Waals surface area contributed by atoms with Gasteiger partial charge in [0.15, 0.2) is 30.5 Å². The van der Waals surface area contributed by atoms with Gasteiger partial charge < -0.3 is 44.4 Å². The fourth-order valence-electron chi connectivity index (χ4n) is 13.7. The number of fused-ring (bicyclic) bond motifs is 4. The lowest BCUT2D eigenvalue weighted by Crippen LogP contribution is -2.68. The average Bonchev–Trinajstić information content (AvgIpc) is 0.917. The standard InChI is InChI=1S/C29H29FN10.C20H23N7.C11H10FN3O2.C9H6FN3O.C8H8BrNO2.C3H3FN2/c1-18-7-22(9-23-8-19(2)36-37-23)35-29(34-18)21-4-6-27(32-12-21)38-14-24-10-25(15-38)40(24)13-20-3-5-28(31-11-20)39-16-26(30)33-17-39;1-12-5-17(21-8-12)25-18-6-13(2)23-20(26-18)14-3-4-19(22-9-14)27-10-15-7-16(11-27)24-15;12-9-6-15(7-14-9)10-2-1-8(5-13-10)11-16-3-4-17-11;10-8-4-13(6-12-8)9-2-1-7(5-14)3-11-9;9-7-2-1-6(5-10-7)8-11-3-4-12-8;4-3-1-5-2-6-3/h3-8,11-12,16-17,24-25H,9-10,13-15H2,1-2H3,(H,36,37);3-6,9,15-16,24H,7-8,10-11H2,1-2H3,(H,21,23,25,26);1-2,5-7,11H,3-4H2;1-6H;1-2,5,8H,3-4H2;1-2H,(H,5,6). The van der Waals surface area contributed by atoms with Crippen molar-refractivity contribution in [2.75, 3.05) is 74.3 Å². The molecular formula is C80H79BrF4N26O5. The van der Waals surface area contributed by atoms with E-state index in [1.165, 1.54) is 77.6 Å². The number of aryl methyl sites for hydroxylation is 3. The Bertz CT molecular complexity index is 5450. The van der Waals surface area contributed by atoms with E-state index in [4.69, 9.17) is 28.9 Å². The van der Waals surface area contributed by atoms with Crippen LogP contribution in [0.4, 0.5) is 35.0 Å². The van der Waals surface area contributed by atoms with Crippen LogP contribution in [0.5, 0.6) is 0 Å². The molecule has 116 heavy (non-hydrogen) atoms. The first-order chi connectivity index (χ1) is 56.5. The van der Waals surface area contributed by atoms with Crippen molar-refractivity contribution >= 4 is 45.5 Å². The number of H-pyrrole nitrogens is 2. The summed E-state index contributed by atoms with van der Waals surface area (Å²) in [5, 5.41) is 14.2. The van der Waals surface area contributed by atoms with Gasteiger partial charge in [0.2, 0.25) is 23.8 Å². The maximum Gasteiger partial charge on any atom is 0.231 e. The molecule has 0 aromatic carbocycles. The first-order valence-electron chi connectivity index (χ1n) is 37.2. The Kier molecular flexibility index (Phi) is 25.0. The van der Waals surface area contributed by atoms with E-state index in [1.807, 2.05) is 87.9 Å². The van der Waals surface area contributed by atoms with Crippen LogP contribution in [0.15, 0.2) is 200 Å². The van der Waals surface area contributed by atoms with Crippen LogP contribution in [-0.2, 0) is 31.9 Å². The zero-order valence-corrected chi connectivity index (χ0v) is 64.9. The van der Waals surface area contributed by atoms with E-state index in [0.717, 1.165) is 130 Å². The van der Waals surface area contributed by atoms with E-state index in [9.17, 15) is 22.4 Å². The quantitative estimate of drug-likeness (QED) is 0.0421. The Hall–Kier alpha value is -12.5. The molecule has 0 spiro atoms. The van der Waals surface area contributed by atoms with Crippen molar-refractivity contribution in [3.05, 3.63) is 269 Å². The number of amidine groups is 1. The van der Waals surface area contributed by atoms with Crippen molar-refractivity contribution < 1.29 is 41.3 Å². The number of pyridine rings is 6. The molecule has 8 saturated heterocycles. The monoisotopic (exact) mass is 1640 g/mol. The number of aromatic nitrogens is 20. The van der Waals surface area contributed by atoms with Gasteiger partial charge in [0.05, 0.1) is 75.5 Å². The van der Waals surface area contributed by atoms with Crippen LogP contribution < -0.4 is 20.4 Å². The molecule has 4 atom stereocenters. The van der Waals surface area contributed by atoms with Gasteiger partial charge in [0, 0.05) is 151 Å². The van der Waals surface area contributed by atoms with Gasteiger partial charge in [0.1, 0.15) is 64.3 Å². The van der Waals surface area contributed by atoms with E-state index in [2.05, 4.69) is 159 Å². The number of piperidine rings is 2. The molecule has 8 fully saturated rings. The molecule has 22 heterocycles. The number of anilines is 3. The highest BCUT2D eigenvalue weighted by Gasteiger charge is 2.45. The molecular weight excluding hydrogens is 1560 g/mol. The van der Waals surface area contributed by atoms with E-state index in [-0.39, 0.29) is 12.6 Å². The number of aldehydes is 1. The van der Waals surface area contributed by atoms with Gasteiger partial charge in [-0.2, -0.15) is 22.7 Å². The third kappa shape index (κ3) is 20.5.